The number of nitrogens with zero attached hydrogens (tertiary/aromatic N) is 3. The maximum atomic E-state index is 4.53. The lowest BCUT2D eigenvalue weighted by atomic mass is 10.1. The quantitative estimate of drug-likeness (QED) is 0.241. The molecule has 180 valence electrons. The zero-order valence-corrected chi connectivity index (χ0v) is 20.8. The van der Waals surface area contributed by atoms with E-state index < -0.39 is 0 Å². The van der Waals surface area contributed by atoms with E-state index in [0.717, 1.165) is 34.0 Å². The standard InChI is InChI=1S/C35H25N3/c1-2-11-29(12-3-1)37-24-22-32-34(37)14-8-15-35(32)38(31-21-16-26-9-4-5-10-28(26)25-31)30-19-17-27(18-20-30)33-13-6-7-23-36-33/h1-25H. The van der Waals surface area contributed by atoms with Crippen molar-refractivity contribution in [3.8, 4) is 16.9 Å². The maximum Gasteiger partial charge on any atom is 0.0701 e. The van der Waals surface area contributed by atoms with Crippen molar-refractivity contribution in [2.24, 2.45) is 0 Å². The highest BCUT2D eigenvalue weighted by Crippen LogP contribution is 2.41. The first-order valence-corrected chi connectivity index (χ1v) is 12.8. The van der Waals surface area contributed by atoms with Crippen LogP contribution in [0.2, 0.25) is 0 Å². The van der Waals surface area contributed by atoms with Crippen molar-refractivity contribution in [1.29, 1.82) is 0 Å². The van der Waals surface area contributed by atoms with Crippen LogP contribution < -0.4 is 4.90 Å². The third-order valence-electron chi connectivity index (χ3n) is 7.06. The predicted octanol–water partition coefficient (Wildman–Crippen LogP) is 9.32. The normalized spacial score (nSPS) is 11.2. The van der Waals surface area contributed by atoms with Crippen molar-refractivity contribution in [3.05, 3.63) is 152 Å². The van der Waals surface area contributed by atoms with Gasteiger partial charge in [0.1, 0.15) is 0 Å². The minimum atomic E-state index is 0.971. The summed E-state index contributed by atoms with van der Waals surface area (Å²) in [6.07, 6.45) is 4.00. The summed E-state index contributed by atoms with van der Waals surface area (Å²) < 4.78 is 2.25. The second-order valence-corrected chi connectivity index (χ2v) is 9.36. The van der Waals surface area contributed by atoms with Crippen LogP contribution >= 0.6 is 0 Å². The molecule has 7 rings (SSSR count). The molecule has 0 bridgehead atoms. The van der Waals surface area contributed by atoms with Gasteiger partial charge in [0.25, 0.3) is 0 Å². The van der Waals surface area contributed by atoms with Crippen molar-refractivity contribution in [2.45, 2.75) is 0 Å². The summed E-state index contributed by atoms with van der Waals surface area (Å²) in [6.45, 7) is 0. The lowest BCUT2D eigenvalue weighted by molar-refractivity contribution is 1.13. The van der Waals surface area contributed by atoms with E-state index in [9.17, 15) is 0 Å². The van der Waals surface area contributed by atoms with Gasteiger partial charge in [-0.3, -0.25) is 4.98 Å². The smallest absolute Gasteiger partial charge is 0.0701 e. The number of fused-ring (bicyclic) bond motifs is 2. The molecule has 3 nitrogen and oxygen atoms in total. The van der Waals surface area contributed by atoms with E-state index >= 15 is 0 Å². The molecule has 0 aliphatic carbocycles. The number of hydrogen-bond donors (Lipinski definition) is 0. The third-order valence-corrected chi connectivity index (χ3v) is 7.06. The van der Waals surface area contributed by atoms with E-state index in [4.69, 9.17) is 0 Å². The van der Waals surface area contributed by atoms with Gasteiger partial charge in [0.2, 0.25) is 0 Å². The van der Waals surface area contributed by atoms with Crippen LogP contribution in [0.15, 0.2) is 152 Å². The summed E-state index contributed by atoms with van der Waals surface area (Å²) in [5, 5.41) is 3.64. The van der Waals surface area contributed by atoms with E-state index in [-0.39, 0.29) is 0 Å². The first-order valence-electron chi connectivity index (χ1n) is 12.8. The molecule has 0 N–H and O–H groups in total. The number of aromatic nitrogens is 2. The van der Waals surface area contributed by atoms with Crippen LogP contribution in [0, 0.1) is 0 Å². The number of hydrogen-bond acceptors (Lipinski definition) is 2. The topological polar surface area (TPSA) is 21.1 Å². The molecule has 0 radical (unpaired) electrons. The Labute approximate surface area is 221 Å². The van der Waals surface area contributed by atoms with Crippen LogP contribution in [-0.2, 0) is 0 Å². The largest absolute Gasteiger partial charge is 0.316 e. The minimum absolute atomic E-state index is 0.971. The van der Waals surface area contributed by atoms with Gasteiger partial charge in [0.05, 0.1) is 16.9 Å². The third kappa shape index (κ3) is 3.91. The van der Waals surface area contributed by atoms with Crippen molar-refractivity contribution >= 4 is 38.7 Å². The molecule has 0 spiro atoms. The Morgan fingerprint density at radius 3 is 2.13 bits per heavy atom. The van der Waals surface area contributed by atoms with Gasteiger partial charge in [-0.05, 0) is 77.5 Å². The highest BCUT2D eigenvalue weighted by molar-refractivity contribution is 6.00. The minimum Gasteiger partial charge on any atom is -0.316 e. The molecular formula is C35H25N3. The second kappa shape index (κ2) is 9.38. The zero-order valence-electron chi connectivity index (χ0n) is 20.8. The van der Waals surface area contributed by atoms with Crippen LogP contribution in [0.4, 0.5) is 17.1 Å². The Morgan fingerprint density at radius 1 is 0.553 bits per heavy atom. The molecule has 5 aromatic carbocycles. The maximum absolute atomic E-state index is 4.53. The summed E-state index contributed by atoms with van der Waals surface area (Å²) in [4.78, 5) is 6.88. The Bertz CT molecular complexity index is 1850. The van der Waals surface area contributed by atoms with E-state index in [1.165, 1.54) is 21.7 Å². The Hall–Kier alpha value is -5.15. The molecule has 0 fully saturated rings. The molecule has 0 aliphatic rings. The van der Waals surface area contributed by atoms with Gasteiger partial charge in [-0.15, -0.1) is 0 Å². The predicted molar refractivity (Wildman–Crippen MR) is 159 cm³/mol. The molecular weight excluding hydrogens is 462 g/mol. The number of anilines is 3. The van der Waals surface area contributed by atoms with E-state index in [2.05, 4.69) is 142 Å². The van der Waals surface area contributed by atoms with Crippen molar-refractivity contribution in [3.63, 3.8) is 0 Å². The average Bonchev–Trinajstić information content (AvgIpc) is 3.44. The van der Waals surface area contributed by atoms with E-state index in [1.54, 1.807) is 0 Å². The van der Waals surface area contributed by atoms with Gasteiger partial charge in [0, 0.05) is 40.4 Å². The molecule has 2 heterocycles. The van der Waals surface area contributed by atoms with Gasteiger partial charge < -0.3 is 9.47 Å². The zero-order chi connectivity index (χ0) is 25.3. The van der Waals surface area contributed by atoms with Gasteiger partial charge in [-0.1, -0.05) is 72.8 Å². The monoisotopic (exact) mass is 487 g/mol. The lowest BCUT2D eigenvalue weighted by Crippen LogP contribution is -2.10. The van der Waals surface area contributed by atoms with Gasteiger partial charge in [-0.2, -0.15) is 0 Å². The van der Waals surface area contributed by atoms with Crippen LogP contribution in [-0.4, -0.2) is 9.55 Å². The van der Waals surface area contributed by atoms with E-state index in [1.807, 2.05) is 24.4 Å². The highest BCUT2D eigenvalue weighted by atomic mass is 15.1. The molecule has 0 unspecified atom stereocenters. The number of pyridine rings is 1. The molecule has 0 saturated carbocycles. The summed E-state index contributed by atoms with van der Waals surface area (Å²) in [6, 6.07) is 49.2. The van der Waals surface area contributed by atoms with Crippen molar-refractivity contribution < 1.29 is 0 Å². The Balaban J connectivity index is 1.41. The summed E-state index contributed by atoms with van der Waals surface area (Å²) in [5.41, 5.74) is 7.74. The molecule has 0 aliphatic heterocycles. The summed E-state index contributed by atoms with van der Waals surface area (Å²) >= 11 is 0. The fraction of sp³-hybridized carbons (Fsp3) is 0. The van der Waals surface area contributed by atoms with Gasteiger partial charge in [0.15, 0.2) is 0 Å². The Kier molecular flexibility index (Phi) is 5.45. The first kappa shape index (κ1) is 22.1. The molecule has 7 aromatic rings. The molecule has 0 amide bonds. The SMILES string of the molecule is c1ccc(-n2ccc3c(N(c4ccc(-c5ccccn5)cc4)c4ccc5ccccc5c4)cccc32)cc1. The fourth-order valence-corrected chi connectivity index (χ4v) is 5.22. The van der Waals surface area contributed by atoms with Crippen LogP contribution in [0.5, 0.6) is 0 Å². The van der Waals surface area contributed by atoms with Crippen LogP contribution in [0.1, 0.15) is 0 Å². The fourth-order valence-electron chi connectivity index (χ4n) is 5.22. The van der Waals surface area contributed by atoms with Gasteiger partial charge >= 0.3 is 0 Å². The van der Waals surface area contributed by atoms with Crippen LogP contribution in [0.25, 0.3) is 38.6 Å². The number of rotatable bonds is 5. The Morgan fingerprint density at radius 2 is 1.32 bits per heavy atom. The molecule has 38 heavy (non-hydrogen) atoms. The first-order chi connectivity index (χ1) is 18.8. The second-order valence-electron chi connectivity index (χ2n) is 9.36. The molecule has 3 heteroatoms. The lowest BCUT2D eigenvalue weighted by Gasteiger charge is -2.27. The average molecular weight is 488 g/mol. The molecule has 2 aromatic heterocycles. The number of benzene rings is 5. The van der Waals surface area contributed by atoms with E-state index in [0.29, 0.717) is 0 Å². The van der Waals surface area contributed by atoms with Crippen LogP contribution in [0.3, 0.4) is 0 Å². The molecule has 0 atom stereocenters. The van der Waals surface area contributed by atoms with Crippen molar-refractivity contribution in [2.75, 3.05) is 4.90 Å². The summed E-state index contributed by atoms with van der Waals surface area (Å²) in [5.74, 6) is 0. The summed E-state index contributed by atoms with van der Waals surface area (Å²) in [7, 11) is 0. The van der Waals surface area contributed by atoms with Crippen molar-refractivity contribution in [1.82, 2.24) is 9.55 Å². The van der Waals surface area contributed by atoms with Gasteiger partial charge in [-0.25, -0.2) is 0 Å². The molecule has 0 saturated heterocycles. The number of para-hydroxylation sites is 1. The highest BCUT2D eigenvalue weighted by Gasteiger charge is 2.17.